The van der Waals surface area contributed by atoms with Gasteiger partial charge in [0.05, 0.1) is 0 Å². The molecule has 11 heavy (non-hydrogen) atoms. The number of aromatic nitrogens is 1. The quantitative estimate of drug-likeness (QED) is 0.579. The molecule has 0 atom stereocenters. The SMILES string of the molecule is CCCCc1cccc[n+]1C. The highest BCUT2D eigenvalue weighted by Crippen LogP contribution is 1.97. The summed E-state index contributed by atoms with van der Waals surface area (Å²) in [6, 6.07) is 6.36. The number of hydrogen-bond donors (Lipinski definition) is 0. The average molecular weight is 150 g/mol. The molecule has 1 rings (SSSR count). The Morgan fingerprint density at radius 1 is 1.36 bits per heavy atom. The first-order chi connectivity index (χ1) is 5.34. The molecule has 0 radical (unpaired) electrons. The molecule has 0 amide bonds. The van der Waals surface area contributed by atoms with Crippen LogP contribution in [0.3, 0.4) is 0 Å². The minimum Gasteiger partial charge on any atom is -0.205 e. The molecule has 60 valence electrons. The molecule has 0 aliphatic carbocycles. The van der Waals surface area contributed by atoms with Crippen molar-refractivity contribution in [3.63, 3.8) is 0 Å². The second kappa shape index (κ2) is 4.12. The van der Waals surface area contributed by atoms with Crippen LogP contribution in [0, 0.1) is 0 Å². The predicted octanol–water partition coefficient (Wildman–Crippen LogP) is 1.85. The number of aryl methyl sites for hydroxylation is 2. The Morgan fingerprint density at radius 3 is 2.82 bits per heavy atom. The summed E-state index contributed by atoms with van der Waals surface area (Å²) in [6.07, 6.45) is 5.87. The molecule has 0 bridgehead atoms. The van der Waals surface area contributed by atoms with Crippen LogP contribution in [0.2, 0.25) is 0 Å². The zero-order valence-corrected chi connectivity index (χ0v) is 7.38. The van der Waals surface area contributed by atoms with Gasteiger partial charge in [-0.15, -0.1) is 0 Å². The van der Waals surface area contributed by atoms with Gasteiger partial charge in [0, 0.05) is 18.6 Å². The van der Waals surface area contributed by atoms with Crippen molar-refractivity contribution in [1.82, 2.24) is 0 Å². The van der Waals surface area contributed by atoms with Gasteiger partial charge in [-0.25, -0.2) is 4.57 Å². The Hall–Kier alpha value is -0.850. The fourth-order valence-corrected chi connectivity index (χ4v) is 1.18. The topological polar surface area (TPSA) is 3.88 Å². The maximum Gasteiger partial charge on any atom is 0.181 e. The van der Waals surface area contributed by atoms with E-state index >= 15 is 0 Å². The van der Waals surface area contributed by atoms with Crippen LogP contribution in [0.15, 0.2) is 24.4 Å². The van der Waals surface area contributed by atoms with Crippen molar-refractivity contribution in [2.24, 2.45) is 7.05 Å². The van der Waals surface area contributed by atoms with Crippen molar-refractivity contribution in [3.05, 3.63) is 30.1 Å². The molecule has 0 aliphatic heterocycles. The third kappa shape index (κ3) is 2.34. The lowest BCUT2D eigenvalue weighted by Crippen LogP contribution is -2.32. The van der Waals surface area contributed by atoms with Gasteiger partial charge >= 0.3 is 0 Å². The summed E-state index contributed by atoms with van der Waals surface area (Å²) >= 11 is 0. The maximum atomic E-state index is 2.23. The summed E-state index contributed by atoms with van der Waals surface area (Å²) < 4.78 is 2.19. The molecular weight excluding hydrogens is 134 g/mol. The fourth-order valence-electron chi connectivity index (χ4n) is 1.18. The minimum absolute atomic E-state index is 1.20. The Bertz CT molecular complexity index is 218. The Labute approximate surface area is 68.7 Å². The summed E-state index contributed by atoms with van der Waals surface area (Å²) in [5, 5.41) is 0. The summed E-state index contributed by atoms with van der Waals surface area (Å²) in [5.41, 5.74) is 1.43. The van der Waals surface area contributed by atoms with Gasteiger partial charge in [0.25, 0.3) is 0 Å². The standard InChI is InChI=1S/C10H16N/c1-3-4-7-10-8-5-6-9-11(10)2/h5-6,8-9H,3-4,7H2,1-2H3/q+1. The molecule has 0 N–H and O–H groups in total. The van der Waals surface area contributed by atoms with Crippen LogP contribution in [0.4, 0.5) is 0 Å². The lowest BCUT2D eigenvalue weighted by molar-refractivity contribution is -0.679. The van der Waals surface area contributed by atoms with Gasteiger partial charge in [0.2, 0.25) is 0 Å². The van der Waals surface area contributed by atoms with Crippen molar-refractivity contribution in [2.45, 2.75) is 26.2 Å². The summed E-state index contributed by atoms with van der Waals surface area (Å²) in [4.78, 5) is 0. The molecule has 1 heterocycles. The van der Waals surface area contributed by atoms with E-state index in [0.717, 1.165) is 0 Å². The predicted molar refractivity (Wildman–Crippen MR) is 46.2 cm³/mol. The van der Waals surface area contributed by atoms with Crippen molar-refractivity contribution >= 4 is 0 Å². The third-order valence-corrected chi connectivity index (χ3v) is 1.95. The Balaban J connectivity index is 2.62. The van der Waals surface area contributed by atoms with Crippen LogP contribution in [0.5, 0.6) is 0 Å². The molecule has 1 heteroatoms. The second-order valence-corrected chi connectivity index (χ2v) is 2.91. The molecule has 0 spiro atoms. The smallest absolute Gasteiger partial charge is 0.181 e. The molecule has 0 saturated heterocycles. The van der Waals surface area contributed by atoms with E-state index in [-0.39, 0.29) is 0 Å². The molecule has 1 aromatic rings. The highest BCUT2D eigenvalue weighted by atomic mass is 14.9. The largest absolute Gasteiger partial charge is 0.205 e. The first-order valence-corrected chi connectivity index (χ1v) is 4.28. The number of rotatable bonds is 3. The average Bonchev–Trinajstić information content (AvgIpc) is 2.03. The van der Waals surface area contributed by atoms with E-state index in [1.54, 1.807) is 0 Å². The zero-order chi connectivity index (χ0) is 8.10. The van der Waals surface area contributed by atoms with Crippen LogP contribution in [0.25, 0.3) is 0 Å². The van der Waals surface area contributed by atoms with Crippen LogP contribution in [-0.4, -0.2) is 0 Å². The first kappa shape index (κ1) is 8.25. The highest BCUT2D eigenvalue weighted by molar-refractivity contribution is 4.96. The van der Waals surface area contributed by atoms with Gasteiger partial charge in [0.15, 0.2) is 11.9 Å². The number of pyridine rings is 1. The Kier molecular flexibility index (Phi) is 3.09. The molecule has 0 fully saturated rings. The normalized spacial score (nSPS) is 10.0. The fraction of sp³-hybridized carbons (Fsp3) is 0.500. The van der Waals surface area contributed by atoms with E-state index in [2.05, 4.69) is 42.9 Å². The third-order valence-electron chi connectivity index (χ3n) is 1.95. The van der Waals surface area contributed by atoms with Gasteiger partial charge in [-0.3, -0.25) is 0 Å². The number of unbranched alkanes of at least 4 members (excludes halogenated alkanes) is 1. The van der Waals surface area contributed by atoms with Crippen LogP contribution in [0.1, 0.15) is 25.5 Å². The second-order valence-electron chi connectivity index (χ2n) is 2.91. The van der Waals surface area contributed by atoms with Crippen molar-refractivity contribution < 1.29 is 4.57 Å². The number of nitrogens with zero attached hydrogens (tertiary/aromatic N) is 1. The molecule has 0 aliphatic rings. The van der Waals surface area contributed by atoms with E-state index in [9.17, 15) is 0 Å². The van der Waals surface area contributed by atoms with Crippen molar-refractivity contribution in [2.75, 3.05) is 0 Å². The van der Waals surface area contributed by atoms with Crippen molar-refractivity contribution in [3.8, 4) is 0 Å². The minimum atomic E-state index is 1.20. The van der Waals surface area contributed by atoms with Gasteiger partial charge < -0.3 is 0 Å². The Morgan fingerprint density at radius 2 is 2.18 bits per heavy atom. The summed E-state index contributed by atoms with van der Waals surface area (Å²) in [5.74, 6) is 0. The van der Waals surface area contributed by atoms with E-state index in [1.807, 2.05) is 0 Å². The van der Waals surface area contributed by atoms with Crippen LogP contribution >= 0.6 is 0 Å². The molecule has 0 unspecified atom stereocenters. The maximum absolute atomic E-state index is 2.23. The molecule has 0 saturated carbocycles. The van der Waals surface area contributed by atoms with E-state index in [4.69, 9.17) is 0 Å². The van der Waals surface area contributed by atoms with E-state index in [1.165, 1.54) is 25.0 Å². The van der Waals surface area contributed by atoms with Crippen LogP contribution in [-0.2, 0) is 13.5 Å². The first-order valence-electron chi connectivity index (χ1n) is 4.28. The van der Waals surface area contributed by atoms with E-state index < -0.39 is 0 Å². The van der Waals surface area contributed by atoms with Gasteiger partial charge in [-0.1, -0.05) is 19.4 Å². The molecule has 1 nitrogen and oxygen atoms in total. The molecule has 0 aromatic carbocycles. The van der Waals surface area contributed by atoms with E-state index in [0.29, 0.717) is 0 Å². The summed E-state index contributed by atoms with van der Waals surface area (Å²) in [7, 11) is 2.10. The van der Waals surface area contributed by atoms with Crippen LogP contribution < -0.4 is 4.57 Å². The summed E-state index contributed by atoms with van der Waals surface area (Å²) in [6.45, 7) is 2.23. The lowest BCUT2D eigenvalue weighted by Gasteiger charge is -1.96. The van der Waals surface area contributed by atoms with Gasteiger partial charge in [0.1, 0.15) is 7.05 Å². The molecule has 1 aromatic heterocycles. The van der Waals surface area contributed by atoms with Crippen molar-refractivity contribution in [1.29, 1.82) is 0 Å². The van der Waals surface area contributed by atoms with Gasteiger partial charge in [-0.05, 0) is 6.42 Å². The monoisotopic (exact) mass is 150 g/mol. The zero-order valence-electron chi connectivity index (χ0n) is 7.38. The lowest BCUT2D eigenvalue weighted by atomic mass is 10.2. The van der Waals surface area contributed by atoms with Gasteiger partial charge in [-0.2, -0.15) is 0 Å². The number of hydrogen-bond acceptors (Lipinski definition) is 0. The molecular formula is C10H16N+. The highest BCUT2D eigenvalue weighted by Gasteiger charge is 2.01.